The molecule has 1 aromatic carbocycles. The van der Waals surface area contributed by atoms with Crippen molar-refractivity contribution in [2.24, 2.45) is 0 Å². The van der Waals surface area contributed by atoms with Gasteiger partial charge in [-0.25, -0.2) is 0 Å². The summed E-state index contributed by atoms with van der Waals surface area (Å²) in [4.78, 5) is 15.0. The molecule has 114 valence electrons. The van der Waals surface area contributed by atoms with Crippen LogP contribution in [-0.4, -0.2) is 29.9 Å². The molecule has 3 rings (SSSR count). The summed E-state index contributed by atoms with van der Waals surface area (Å²) < 4.78 is 0. The molecule has 1 heterocycles. The average molecular weight is 307 g/mol. The third-order valence-corrected chi connectivity index (χ3v) is 5.10. The Morgan fingerprint density at radius 2 is 2.00 bits per heavy atom. The molecule has 1 N–H and O–H groups in total. The fourth-order valence-electron chi connectivity index (χ4n) is 3.42. The van der Waals surface area contributed by atoms with Gasteiger partial charge in [0.1, 0.15) is 0 Å². The van der Waals surface area contributed by atoms with Crippen molar-refractivity contribution in [1.82, 2.24) is 10.2 Å². The molecule has 1 saturated carbocycles. The van der Waals surface area contributed by atoms with Crippen LogP contribution in [0, 0.1) is 0 Å². The number of likely N-dealkylation sites (tertiary alicyclic amines) is 1. The molecule has 1 amide bonds. The van der Waals surface area contributed by atoms with Crippen LogP contribution in [0.25, 0.3) is 0 Å². The highest BCUT2D eigenvalue weighted by molar-refractivity contribution is 6.31. The number of amides is 1. The summed E-state index contributed by atoms with van der Waals surface area (Å²) in [5.74, 6) is 0.164. The maximum absolute atomic E-state index is 12.7. The number of hydrogen-bond donors (Lipinski definition) is 1. The van der Waals surface area contributed by atoms with Gasteiger partial charge in [0.25, 0.3) is 0 Å². The van der Waals surface area contributed by atoms with Crippen LogP contribution in [0.5, 0.6) is 0 Å². The Labute approximate surface area is 131 Å². The minimum atomic E-state index is -0.220. The first-order valence-electron chi connectivity index (χ1n) is 7.97. The van der Waals surface area contributed by atoms with Crippen LogP contribution in [0.4, 0.5) is 0 Å². The molecule has 0 aromatic heterocycles. The second-order valence-electron chi connectivity index (χ2n) is 6.22. The van der Waals surface area contributed by atoms with Crippen molar-refractivity contribution in [3.05, 3.63) is 34.9 Å². The van der Waals surface area contributed by atoms with Gasteiger partial charge in [0.15, 0.2) is 0 Å². The van der Waals surface area contributed by atoms with E-state index in [0.29, 0.717) is 0 Å². The molecule has 1 saturated heterocycles. The molecule has 1 atom stereocenters. The predicted molar refractivity (Wildman–Crippen MR) is 85.4 cm³/mol. The highest BCUT2D eigenvalue weighted by Gasteiger charge is 2.47. The van der Waals surface area contributed by atoms with E-state index >= 15 is 0 Å². The van der Waals surface area contributed by atoms with E-state index in [-0.39, 0.29) is 17.5 Å². The van der Waals surface area contributed by atoms with Gasteiger partial charge in [-0.15, -0.1) is 0 Å². The first-order chi connectivity index (χ1) is 10.2. The van der Waals surface area contributed by atoms with Crippen molar-refractivity contribution in [3.63, 3.8) is 0 Å². The van der Waals surface area contributed by atoms with E-state index in [1.54, 1.807) is 0 Å². The number of hydrogen-bond acceptors (Lipinski definition) is 2. The number of rotatable bonds is 5. The molecule has 1 unspecified atom stereocenters. The zero-order chi connectivity index (χ0) is 14.9. The van der Waals surface area contributed by atoms with Gasteiger partial charge in [-0.3, -0.25) is 9.69 Å². The van der Waals surface area contributed by atoms with Gasteiger partial charge in [-0.1, -0.05) is 36.7 Å². The lowest BCUT2D eigenvalue weighted by molar-refractivity contribution is -0.127. The lowest BCUT2D eigenvalue weighted by Gasteiger charge is -2.28. The van der Waals surface area contributed by atoms with Crippen LogP contribution in [0.15, 0.2) is 24.3 Å². The van der Waals surface area contributed by atoms with Crippen LogP contribution in [0.3, 0.4) is 0 Å². The molecule has 3 nitrogen and oxygen atoms in total. The van der Waals surface area contributed by atoms with E-state index in [4.69, 9.17) is 11.6 Å². The summed E-state index contributed by atoms with van der Waals surface area (Å²) in [6, 6.07) is 7.87. The number of nitrogens with zero attached hydrogens (tertiary/aromatic N) is 1. The summed E-state index contributed by atoms with van der Waals surface area (Å²) in [5, 5.41) is 4.04. The van der Waals surface area contributed by atoms with Crippen LogP contribution in [0.2, 0.25) is 5.02 Å². The third-order valence-electron chi connectivity index (χ3n) is 4.77. The number of carbonyl (C=O) groups excluding carboxylic acids is 1. The first kappa shape index (κ1) is 14.9. The first-order valence-corrected chi connectivity index (χ1v) is 8.35. The van der Waals surface area contributed by atoms with Crippen molar-refractivity contribution in [3.8, 4) is 0 Å². The normalized spacial score (nSPS) is 22.0. The van der Waals surface area contributed by atoms with E-state index in [9.17, 15) is 4.79 Å². The number of nitrogens with one attached hydrogen (secondary N) is 1. The molecular weight excluding hydrogens is 284 g/mol. The minimum Gasteiger partial charge on any atom is -0.345 e. The molecule has 2 aliphatic rings. The quantitative estimate of drug-likeness (QED) is 0.905. The maximum Gasteiger partial charge on any atom is 0.238 e. The van der Waals surface area contributed by atoms with E-state index in [1.807, 2.05) is 24.3 Å². The van der Waals surface area contributed by atoms with Crippen molar-refractivity contribution in [1.29, 1.82) is 0 Å². The molecular formula is C17H23ClN2O. The fourth-order valence-corrected chi connectivity index (χ4v) is 3.73. The third kappa shape index (κ3) is 2.95. The van der Waals surface area contributed by atoms with E-state index < -0.39 is 0 Å². The van der Waals surface area contributed by atoms with Crippen molar-refractivity contribution in [2.45, 2.75) is 50.6 Å². The smallest absolute Gasteiger partial charge is 0.238 e. The van der Waals surface area contributed by atoms with E-state index in [0.717, 1.165) is 42.9 Å². The van der Waals surface area contributed by atoms with E-state index in [1.165, 1.54) is 12.8 Å². The highest BCUT2D eigenvalue weighted by atomic mass is 35.5. The molecule has 0 radical (unpaired) electrons. The Kier molecular flexibility index (Phi) is 4.23. The molecule has 0 bridgehead atoms. The second kappa shape index (κ2) is 5.98. The summed E-state index contributed by atoms with van der Waals surface area (Å²) in [6.45, 7) is 4.19. The van der Waals surface area contributed by atoms with Gasteiger partial charge in [0.2, 0.25) is 5.91 Å². The number of carbonyl (C=O) groups is 1. The van der Waals surface area contributed by atoms with Crippen LogP contribution in [0.1, 0.15) is 44.6 Å². The Morgan fingerprint density at radius 1 is 1.33 bits per heavy atom. The van der Waals surface area contributed by atoms with Crippen LogP contribution >= 0.6 is 11.6 Å². The molecule has 4 heteroatoms. The summed E-state index contributed by atoms with van der Waals surface area (Å²) in [5.41, 5.74) is 0.846. The lowest BCUT2D eigenvalue weighted by Crippen LogP contribution is -2.48. The molecule has 1 aromatic rings. The van der Waals surface area contributed by atoms with Crippen LogP contribution in [-0.2, 0) is 10.3 Å². The number of halogens is 1. The zero-order valence-electron chi connectivity index (χ0n) is 12.6. The molecule has 0 spiro atoms. The molecule has 1 aliphatic heterocycles. The number of benzene rings is 1. The van der Waals surface area contributed by atoms with Crippen molar-refractivity contribution < 1.29 is 4.79 Å². The van der Waals surface area contributed by atoms with Crippen molar-refractivity contribution in [2.75, 3.05) is 13.1 Å². The molecule has 2 fully saturated rings. The minimum absolute atomic E-state index is 0.00691. The predicted octanol–water partition coefficient (Wildman–Crippen LogP) is 3.32. The zero-order valence-corrected chi connectivity index (χ0v) is 13.3. The van der Waals surface area contributed by atoms with Gasteiger partial charge in [0, 0.05) is 5.02 Å². The van der Waals surface area contributed by atoms with E-state index in [2.05, 4.69) is 17.1 Å². The molecule has 21 heavy (non-hydrogen) atoms. The largest absolute Gasteiger partial charge is 0.345 e. The monoisotopic (exact) mass is 306 g/mol. The Morgan fingerprint density at radius 3 is 2.57 bits per heavy atom. The SMILES string of the molecule is CCC(C(=O)NC1(c2ccccc2Cl)CC1)N1CCCC1. The topological polar surface area (TPSA) is 32.3 Å². The molecule has 1 aliphatic carbocycles. The van der Waals surface area contributed by atoms with Gasteiger partial charge in [-0.05, 0) is 56.8 Å². The van der Waals surface area contributed by atoms with Crippen molar-refractivity contribution >= 4 is 17.5 Å². The van der Waals surface area contributed by atoms with Crippen LogP contribution < -0.4 is 5.32 Å². The van der Waals surface area contributed by atoms with Gasteiger partial charge in [0.05, 0.1) is 11.6 Å². The van der Waals surface area contributed by atoms with Gasteiger partial charge in [-0.2, -0.15) is 0 Å². The summed E-state index contributed by atoms with van der Waals surface area (Å²) in [7, 11) is 0. The standard InChI is InChI=1S/C17H23ClN2O/c1-2-15(20-11-5-6-12-20)16(21)19-17(9-10-17)13-7-3-4-8-14(13)18/h3-4,7-8,15H,2,5-6,9-12H2,1H3,(H,19,21). The summed E-state index contributed by atoms with van der Waals surface area (Å²) in [6.07, 6.45) is 5.25. The highest BCUT2D eigenvalue weighted by Crippen LogP contribution is 2.48. The second-order valence-corrected chi connectivity index (χ2v) is 6.63. The van der Waals surface area contributed by atoms with Gasteiger partial charge >= 0.3 is 0 Å². The fraction of sp³-hybridized carbons (Fsp3) is 0.588. The Hall–Kier alpha value is -1.06. The maximum atomic E-state index is 12.7. The average Bonchev–Trinajstić information content (AvgIpc) is 3.04. The Balaban J connectivity index is 1.73. The Bertz CT molecular complexity index is 521. The van der Waals surface area contributed by atoms with Gasteiger partial charge < -0.3 is 5.32 Å². The summed E-state index contributed by atoms with van der Waals surface area (Å²) >= 11 is 6.31. The lowest BCUT2D eigenvalue weighted by atomic mass is 10.0.